The molecular formula is C20H20FN3O. The topological polar surface area (TPSA) is 46.9 Å². The predicted octanol–water partition coefficient (Wildman–Crippen LogP) is 4.56. The third-order valence-corrected chi connectivity index (χ3v) is 3.93. The van der Waals surface area contributed by atoms with E-state index in [9.17, 15) is 9.18 Å². The van der Waals surface area contributed by atoms with Gasteiger partial charge in [0.05, 0.1) is 11.8 Å². The fraction of sp³-hybridized carbons (Fsp3) is 0.200. The third kappa shape index (κ3) is 3.60. The fourth-order valence-electron chi connectivity index (χ4n) is 2.65. The minimum absolute atomic E-state index is 0.0960. The number of hydrogen-bond acceptors (Lipinski definition) is 2. The van der Waals surface area contributed by atoms with Crippen molar-refractivity contribution >= 4 is 11.6 Å². The largest absolute Gasteiger partial charge is 0.322 e. The highest BCUT2D eigenvalue weighted by atomic mass is 19.1. The van der Waals surface area contributed by atoms with Gasteiger partial charge < -0.3 is 5.32 Å². The van der Waals surface area contributed by atoms with E-state index in [1.54, 1.807) is 18.2 Å². The van der Waals surface area contributed by atoms with Crippen molar-refractivity contribution in [1.29, 1.82) is 0 Å². The summed E-state index contributed by atoms with van der Waals surface area (Å²) in [6, 6.07) is 14.0. The molecule has 0 bridgehead atoms. The van der Waals surface area contributed by atoms with E-state index >= 15 is 0 Å². The summed E-state index contributed by atoms with van der Waals surface area (Å²) >= 11 is 0. The Hall–Kier alpha value is -2.95. The zero-order chi connectivity index (χ0) is 18.0. The van der Waals surface area contributed by atoms with Crippen LogP contribution < -0.4 is 5.32 Å². The van der Waals surface area contributed by atoms with E-state index in [4.69, 9.17) is 0 Å². The Balaban J connectivity index is 1.86. The molecule has 5 heteroatoms. The smallest absolute Gasteiger partial charge is 0.258 e. The molecule has 3 aromatic rings. The number of benzene rings is 2. The first-order valence-corrected chi connectivity index (χ1v) is 8.07. The third-order valence-electron chi connectivity index (χ3n) is 3.93. The number of halogens is 1. The van der Waals surface area contributed by atoms with Gasteiger partial charge in [0.2, 0.25) is 0 Å². The highest BCUT2D eigenvalue weighted by Gasteiger charge is 2.19. The van der Waals surface area contributed by atoms with Gasteiger partial charge in [-0.2, -0.15) is 5.10 Å². The molecule has 3 rings (SSSR count). The molecule has 0 aliphatic heterocycles. The maximum atomic E-state index is 13.9. The van der Waals surface area contributed by atoms with E-state index in [1.807, 2.05) is 24.3 Å². The normalized spacial score (nSPS) is 11.4. The number of para-hydroxylation sites is 2. The highest BCUT2D eigenvalue weighted by molar-refractivity contribution is 6.04. The molecule has 1 N–H and O–H groups in total. The van der Waals surface area contributed by atoms with Crippen LogP contribution >= 0.6 is 0 Å². The average Bonchev–Trinajstić information content (AvgIpc) is 3.04. The SMILES string of the molecule is CC(C)(C)c1ccccc1NC(=O)c1cnn(-c2ccccc2F)c1. The van der Waals surface area contributed by atoms with E-state index in [-0.39, 0.29) is 11.3 Å². The molecule has 1 heterocycles. The summed E-state index contributed by atoms with van der Waals surface area (Å²) in [4.78, 5) is 12.6. The monoisotopic (exact) mass is 337 g/mol. The maximum Gasteiger partial charge on any atom is 0.258 e. The number of rotatable bonds is 3. The van der Waals surface area contributed by atoms with Gasteiger partial charge in [-0.3, -0.25) is 4.79 Å². The van der Waals surface area contributed by atoms with E-state index in [1.165, 1.54) is 23.1 Å². The summed E-state index contributed by atoms with van der Waals surface area (Å²) in [5.74, 6) is -0.671. The predicted molar refractivity (Wildman–Crippen MR) is 96.6 cm³/mol. The van der Waals surface area contributed by atoms with E-state index in [0.29, 0.717) is 11.3 Å². The second kappa shape index (κ2) is 6.51. The minimum Gasteiger partial charge on any atom is -0.322 e. The van der Waals surface area contributed by atoms with Crippen molar-refractivity contribution in [3.63, 3.8) is 0 Å². The van der Waals surface area contributed by atoms with Crippen LogP contribution in [0.5, 0.6) is 0 Å². The minimum atomic E-state index is -0.393. The summed E-state index contributed by atoms with van der Waals surface area (Å²) in [6.45, 7) is 6.27. The van der Waals surface area contributed by atoms with Gasteiger partial charge >= 0.3 is 0 Å². The zero-order valence-electron chi connectivity index (χ0n) is 14.5. The molecule has 0 aliphatic rings. The maximum absolute atomic E-state index is 13.9. The number of nitrogens with one attached hydrogen (secondary N) is 1. The van der Waals surface area contributed by atoms with Gasteiger partial charge in [-0.1, -0.05) is 51.1 Å². The van der Waals surface area contributed by atoms with Crippen molar-refractivity contribution in [3.05, 3.63) is 77.9 Å². The number of nitrogens with zero attached hydrogens (tertiary/aromatic N) is 2. The Bertz CT molecular complexity index is 909. The van der Waals surface area contributed by atoms with Crippen LogP contribution in [0.1, 0.15) is 36.7 Å². The van der Waals surface area contributed by atoms with Crippen molar-refractivity contribution in [3.8, 4) is 5.69 Å². The molecule has 0 unspecified atom stereocenters. The number of hydrogen-bond donors (Lipinski definition) is 1. The first-order chi connectivity index (χ1) is 11.9. The Kier molecular flexibility index (Phi) is 4.40. The quantitative estimate of drug-likeness (QED) is 0.761. The van der Waals surface area contributed by atoms with Gasteiger partial charge in [0.15, 0.2) is 0 Å². The number of carbonyl (C=O) groups is 1. The zero-order valence-corrected chi connectivity index (χ0v) is 14.5. The molecule has 0 aliphatic carbocycles. The van der Waals surface area contributed by atoms with E-state index in [0.717, 1.165) is 11.3 Å². The molecule has 0 atom stereocenters. The molecule has 25 heavy (non-hydrogen) atoms. The van der Waals surface area contributed by atoms with Crippen molar-refractivity contribution in [2.45, 2.75) is 26.2 Å². The molecule has 4 nitrogen and oxygen atoms in total. The van der Waals surface area contributed by atoms with Crippen LogP contribution in [0, 0.1) is 5.82 Å². The van der Waals surface area contributed by atoms with Gasteiger partial charge in [-0.25, -0.2) is 9.07 Å². The Morgan fingerprint density at radius 3 is 2.48 bits per heavy atom. The van der Waals surface area contributed by atoms with Gasteiger partial charge in [0, 0.05) is 11.9 Å². The van der Waals surface area contributed by atoms with Gasteiger partial charge in [-0.15, -0.1) is 0 Å². The summed E-state index contributed by atoms with van der Waals surface area (Å²) in [6.07, 6.45) is 2.95. The van der Waals surface area contributed by atoms with E-state index in [2.05, 4.69) is 31.2 Å². The molecule has 0 radical (unpaired) electrons. The van der Waals surface area contributed by atoms with Crippen LogP contribution in [-0.2, 0) is 5.41 Å². The molecule has 0 spiro atoms. The summed E-state index contributed by atoms with van der Waals surface area (Å²) < 4.78 is 15.2. The Morgan fingerprint density at radius 1 is 1.08 bits per heavy atom. The van der Waals surface area contributed by atoms with Gasteiger partial charge in [-0.05, 0) is 29.2 Å². The summed E-state index contributed by atoms with van der Waals surface area (Å²) in [7, 11) is 0. The first kappa shape index (κ1) is 16.9. The van der Waals surface area contributed by atoms with Crippen molar-refractivity contribution < 1.29 is 9.18 Å². The lowest BCUT2D eigenvalue weighted by Gasteiger charge is -2.22. The second-order valence-electron chi connectivity index (χ2n) is 6.87. The van der Waals surface area contributed by atoms with Crippen LogP contribution in [0.4, 0.5) is 10.1 Å². The second-order valence-corrected chi connectivity index (χ2v) is 6.87. The lowest BCUT2D eigenvalue weighted by atomic mass is 9.86. The molecule has 1 amide bonds. The lowest BCUT2D eigenvalue weighted by molar-refractivity contribution is 0.102. The lowest BCUT2D eigenvalue weighted by Crippen LogP contribution is -2.18. The number of amides is 1. The fourth-order valence-corrected chi connectivity index (χ4v) is 2.65. The van der Waals surface area contributed by atoms with Crippen molar-refractivity contribution in [2.24, 2.45) is 0 Å². The molecule has 0 saturated carbocycles. The van der Waals surface area contributed by atoms with E-state index < -0.39 is 5.82 Å². The average molecular weight is 337 g/mol. The molecule has 2 aromatic carbocycles. The van der Waals surface area contributed by atoms with Crippen molar-refractivity contribution in [2.75, 3.05) is 5.32 Å². The van der Waals surface area contributed by atoms with Crippen LogP contribution in [0.25, 0.3) is 5.69 Å². The van der Waals surface area contributed by atoms with Crippen LogP contribution in [0.2, 0.25) is 0 Å². The van der Waals surface area contributed by atoms with Gasteiger partial charge in [0.1, 0.15) is 11.5 Å². The number of anilines is 1. The summed E-state index contributed by atoms with van der Waals surface area (Å²) in [5, 5.41) is 7.02. The summed E-state index contributed by atoms with van der Waals surface area (Å²) in [5.41, 5.74) is 2.38. The van der Waals surface area contributed by atoms with Crippen LogP contribution in [0.3, 0.4) is 0 Å². The molecular weight excluding hydrogens is 317 g/mol. The Morgan fingerprint density at radius 2 is 1.76 bits per heavy atom. The highest BCUT2D eigenvalue weighted by Crippen LogP contribution is 2.29. The molecule has 0 fully saturated rings. The number of carbonyl (C=O) groups excluding carboxylic acids is 1. The first-order valence-electron chi connectivity index (χ1n) is 8.07. The molecule has 0 saturated heterocycles. The van der Waals surface area contributed by atoms with Gasteiger partial charge in [0.25, 0.3) is 5.91 Å². The molecule has 128 valence electrons. The van der Waals surface area contributed by atoms with Crippen LogP contribution in [0.15, 0.2) is 60.9 Å². The number of aromatic nitrogens is 2. The van der Waals surface area contributed by atoms with Crippen molar-refractivity contribution in [1.82, 2.24) is 9.78 Å². The Labute approximate surface area is 146 Å². The standard InChI is InChI=1S/C20H20FN3O/c1-20(2,3)15-8-4-6-10-17(15)23-19(25)14-12-22-24(13-14)18-11-7-5-9-16(18)21/h4-13H,1-3H3,(H,23,25). The van der Waals surface area contributed by atoms with Crippen LogP contribution in [-0.4, -0.2) is 15.7 Å². The molecule has 1 aromatic heterocycles.